The summed E-state index contributed by atoms with van der Waals surface area (Å²) < 4.78 is 45.1. The van der Waals surface area contributed by atoms with E-state index < -0.39 is 34.3 Å². The zero-order valence-electron chi connectivity index (χ0n) is 15.3. The Morgan fingerprint density at radius 1 is 1.00 bits per heavy atom. The van der Waals surface area contributed by atoms with Crippen molar-refractivity contribution in [2.75, 3.05) is 32.8 Å². The molecule has 0 spiro atoms. The fourth-order valence-corrected chi connectivity index (χ4v) is 4.73. The second kappa shape index (κ2) is 9.02. The summed E-state index contributed by atoms with van der Waals surface area (Å²) in [6.07, 6.45) is 0. The van der Waals surface area contributed by atoms with Crippen LogP contribution in [0, 0.1) is 5.82 Å². The highest BCUT2D eigenvalue weighted by molar-refractivity contribution is 9.10. The Balaban J connectivity index is 1.53. The number of halogens is 2. The third kappa shape index (κ3) is 5.01. The zero-order chi connectivity index (χ0) is 21.0. The normalized spacial score (nSPS) is 15.2. The minimum absolute atomic E-state index is 0.000967. The second-order valence-electron chi connectivity index (χ2n) is 6.29. The Labute approximate surface area is 176 Å². The van der Waals surface area contributed by atoms with Gasteiger partial charge in [0.15, 0.2) is 6.61 Å². The number of nitrogens with zero attached hydrogens (tertiary/aromatic N) is 2. The highest BCUT2D eigenvalue weighted by atomic mass is 79.9. The molecule has 1 heterocycles. The van der Waals surface area contributed by atoms with E-state index in [-0.39, 0.29) is 31.1 Å². The number of hydrogen-bond donors (Lipinski definition) is 0. The van der Waals surface area contributed by atoms with Gasteiger partial charge in [0.1, 0.15) is 5.82 Å². The van der Waals surface area contributed by atoms with Crippen LogP contribution < -0.4 is 0 Å². The van der Waals surface area contributed by atoms with Crippen LogP contribution in [0.15, 0.2) is 57.9 Å². The van der Waals surface area contributed by atoms with Gasteiger partial charge in [-0.05, 0) is 52.3 Å². The lowest BCUT2D eigenvalue weighted by molar-refractivity contribution is -0.135. The summed E-state index contributed by atoms with van der Waals surface area (Å²) in [5.41, 5.74) is 0.315. The number of hydrogen-bond acceptors (Lipinski definition) is 5. The molecule has 0 radical (unpaired) electrons. The number of esters is 1. The number of rotatable bonds is 5. The summed E-state index contributed by atoms with van der Waals surface area (Å²) in [7, 11) is -3.76. The molecular formula is C19H18BrFN2O5S. The van der Waals surface area contributed by atoms with Crippen molar-refractivity contribution in [3.63, 3.8) is 0 Å². The SMILES string of the molecule is O=C(OCC(=O)N1CCN(S(=O)(=O)c2ccc(F)cc2)CC1)c1ccccc1Br. The van der Waals surface area contributed by atoms with Crippen LogP contribution in [0.3, 0.4) is 0 Å². The van der Waals surface area contributed by atoms with Crippen molar-refractivity contribution in [2.45, 2.75) is 4.90 Å². The number of piperazine rings is 1. The largest absolute Gasteiger partial charge is 0.452 e. The highest BCUT2D eigenvalue weighted by Gasteiger charge is 2.30. The Kier molecular flexibility index (Phi) is 6.66. The smallest absolute Gasteiger partial charge is 0.339 e. The summed E-state index contributed by atoms with van der Waals surface area (Å²) in [6, 6.07) is 11.3. The van der Waals surface area contributed by atoms with Crippen LogP contribution in [-0.4, -0.2) is 62.3 Å². The summed E-state index contributed by atoms with van der Waals surface area (Å²) >= 11 is 3.25. The van der Waals surface area contributed by atoms with Crippen LogP contribution in [0.5, 0.6) is 0 Å². The van der Waals surface area contributed by atoms with E-state index in [1.54, 1.807) is 24.3 Å². The quantitative estimate of drug-likeness (QED) is 0.607. The first kappa shape index (κ1) is 21.4. The number of ether oxygens (including phenoxy) is 1. The first-order valence-electron chi connectivity index (χ1n) is 8.74. The van der Waals surface area contributed by atoms with Gasteiger partial charge >= 0.3 is 5.97 Å². The van der Waals surface area contributed by atoms with E-state index in [4.69, 9.17) is 4.74 Å². The fourth-order valence-electron chi connectivity index (χ4n) is 2.86. The summed E-state index contributed by atoms with van der Waals surface area (Å²) in [6.45, 7) is 0.121. The average molecular weight is 485 g/mol. The predicted molar refractivity (Wildman–Crippen MR) is 106 cm³/mol. The number of amides is 1. The molecule has 3 rings (SSSR count). The lowest BCUT2D eigenvalue weighted by Crippen LogP contribution is -2.51. The monoisotopic (exact) mass is 484 g/mol. The summed E-state index contributed by atoms with van der Waals surface area (Å²) in [5.74, 6) is -1.54. The number of benzene rings is 2. The van der Waals surface area contributed by atoms with Crippen LogP contribution >= 0.6 is 15.9 Å². The van der Waals surface area contributed by atoms with Gasteiger partial charge in [-0.1, -0.05) is 12.1 Å². The fraction of sp³-hybridized carbons (Fsp3) is 0.263. The maximum absolute atomic E-state index is 13.0. The topological polar surface area (TPSA) is 84.0 Å². The van der Waals surface area contributed by atoms with Crippen LogP contribution in [0.25, 0.3) is 0 Å². The lowest BCUT2D eigenvalue weighted by atomic mass is 10.2. The van der Waals surface area contributed by atoms with Gasteiger partial charge in [0, 0.05) is 30.7 Å². The highest BCUT2D eigenvalue weighted by Crippen LogP contribution is 2.19. The molecule has 2 aromatic rings. The number of carbonyl (C=O) groups is 2. The van der Waals surface area contributed by atoms with Crippen LogP contribution in [0.1, 0.15) is 10.4 Å². The lowest BCUT2D eigenvalue weighted by Gasteiger charge is -2.33. The minimum Gasteiger partial charge on any atom is -0.452 e. The molecule has 1 saturated heterocycles. The van der Waals surface area contributed by atoms with E-state index in [1.807, 2.05) is 0 Å². The third-order valence-electron chi connectivity index (χ3n) is 4.46. The Hall–Kier alpha value is -2.30. The van der Waals surface area contributed by atoms with Crippen molar-refractivity contribution in [2.24, 2.45) is 0 Å². The van der Waals surface area contributed by atoms with Crippen molar-refractivity contribution in [1.29, 1.82) is 0 Å². The van der Waals surface area contributed by atoms with Crippen molar-refractivity contribution in [3.05, 3.63) is 64.4 Å². The molecule has 0 bridgehead atoms. The van der Waals surface area contributed by atoms with Gasteiger partial charge in [-0.3, -0.25) is 4.79 Å². The van der Waals surface area contributed by atoms with Gasteiger partial charge in [-0.25, -0.2) is 17.6 Å². The molecule has 0 aliphatic carbocycles. The van der Waals surface area contributed by atoms with Crippen molar-refractivity contribution in [3.8, 4) is 0 Å². The molecule has 0 atom stereocenters. The van der Waals surface area contributed by atoms with E-state index >= 15 is 0 Å². The molecule has 1 fully saturated rings. The van der Waals surface area contributed by atoms with Gasteiger partial charge in [-0.15, -0.1) is 0 Å². The molecule has 1 aliphatic rings. The van der Waals surface area contributed by atoms with Gasteiger partial charge in [0.05, 0.1) is 10.5 Å². The summed E-state index contributed by atoms with van der Waals surface area (Å²) in [4.78, 5) is 25.8. The third-order valence-corrected chi connectivity index (χ3v) is 7.07. The Morgan fingerprint density at radius 2 is 1.62 bits per heavy atom. The van der Waals surface area contributed by atoms with Gasteiger partial charge in [0.2, 0.25) is 10.0 Å². The van der Waals surface area contributed by atoms with E-state index in [0.29, 0.717) is 10.0 Å². The summed E-state index contributed by atoms with van der Waals surface area (Å²) in [5, 5.41) is 0. The minimum atomic E-state index is -3.76. The average Bonchev–Trinajstić information content (AvgIpc) is 2.72. The molecular weight excluding hydrogens is 467 g/mol. The van der Waals surface area contributed by atoms with E-state index in [2.05, 4.69) is 15.9 Å². The molecule has 154 valence electrons. The molecule has 7 nitrogen and oxygen atoms in total. The predicted octanol–water partition coefficient (Wildman–Crippen LogP) is 2.28. The standard InChI is InChI=1S/C19H18BrFN2O5S/c20-17-4-2-1-3-16(17)19(25)28-13-18(24)22-9-11-23(12-10-22)29(26,27)15-7-5-14(21)6-8-15/h1-8H,9-13H2. The maximum atomic E-state index is 13.0. The van der Waals surface area contributed by atoms with Crippen LogP contribution in [0.4, 0.5) is 4.39 Å². The van der Waals surface area contributed by atoms with Gasteiger partial charge < -0.3 is 9.64 Å². The Bertz CT molecular complexity index is 1010. The van der Waals surface area contributed by atoms with Gasteiger partial charge in [0.25, 0.3) is 5.91 Å². The molecule has 0 unspecified atom stereocenters. The molecule has 0 saturated carbocycles. The Morgan fingerprint density at radius 3 is 2.24 bits per heavy atom. The first-order chi connectivity index (χ1) is 13.8. The molecule has 2 aromatic carbocycles. The van der Waals surface area contributed by atoms with E-state index in [1.165, 1.54) is 21.3 Å². The number of carbonyl (C=O) groups excluding carboxylic acids is 2. The molecule has 1 amide bonds. The van der Waals surface area contributed by atoms with Gasteiger partial charge in [-0.2, -0.15) is 4.31 Å². The van der Waals surface area contributed by atoms with Crippen LogP contribution in [0.2, 0.25) is 0 Å². The van der Waals surface area contributed by atoms with Crippen molar-refractivity contribution >= 4 is 37.8 Å². The van der Waals surface area contributed by atoms with E-state index in [0.717, 1.165) is 12.1 Å². The second-order valence-corrected chi connectivity index (χ2v) is 9.09. The molecule has 0 aromatic heterocycles. The molecule has 29 heavy (non-hydrogen) atoms. The zero-order valence-corrected chi connectivity index (χ0v) is 17.7. The van der Waals surface area contributed by atoms with E-state index in [9.17, 15) is 22.4 Å². The van der Waals surface area contributed by atoms with Crippen molar-refractivity contribution in [1.82, 2.24) is 9.21 Å². The number of sulfonamides is 1. The maximum Gasteiger partial charge on any atom is 0.339 e. The molecule has 1 aliphatic heterocycles. The van der Waals surface area contributed by atoms with Crippen LogP contribution in [-0.2, 0) is 19.6 Å². The molecule has 0 N–H and O–H groups in total. The molecule has 10 heteroatoms. The van der Waals surface area contributed by atoms with Crippen molar-refractivity contribution < 1.29 is 27.1 Å². The first-order valence-corrected chi connectivity index (χ1v) is 11.0.